The number of carbonyl (C=O) groups is 3. The lowest BCUT2D eigenvalue weighted by Crippen LogP contribution is -2.66. The third kappa shape index (κ3) is 3.11. The van der Waals surface area contributed by atoms with Gasteiger partial charge in [-0.1, -0.05) is 60.1 Å². The van der Waals surface area contributed by atoms with Crippen LogP contribution in [0, 0.1) is 61.6 Å². The molecule has 5 heteroatoms. The number of esters is 1. The van der Waals surface area contributed by atoms with Gasteiger partial charge in [-0.2, -0.15) is 5.26 Å². The second-order valence-corrected chi connectivity index (χ2v) is 14.9. The van der Waals surface area contributed by atoms with Gasteiger partial charge in [0.05, 0.1) is 18.1 Å². The smallest absolute Gasteiger partial charge is 0.312 e. The number of fused-ring (bicyclic) bond motifs is 7. The molecule has 0 N–H and O–H groups in total. The lowest BCUT2D eigenvalue weighted by atomic mass is 9.34. The predicted molar refractivity (Wildman–Crippen MR) is 141 cm³/mol. The molecule has 37 heavy (non-hydrogen) atoms. The van der Waals surface area contributed by atoms with E-state index >= 15 is 0 Å². The fourth-order valence-electron chi connectivity index (χ4n) is 10.2. The molecule has 0 saturated heterocycles. The SMILES string of the molecule is COC(=O)[C@]12CCC(C)(C)C[C@H]1C1=CC(=O)[C@@H]3[C@@]4(C)C=C(C#N)C(=O)C(C)(C)[C@@H]4CC[C@@]3(C)[C@]1(C)CC2. The van der Waals surface area contributed by atoms with Gasteiger partial charge in [0.25, 0.3) is 0 Å². The number of carbonyl (C=O) groups excluding carboxylic acids is 3. The molecule has 0 unspecified atom stereocenters. The zero-order valence-electron chi connectivity index (χ0n) is 23.9. The molecule has 0 heterocycles. The van der Waals surface area contributed by atoms with Crippen LogP contribution < -0.4 is 0 Å². The minimum absolute atomic E-state index is 0.00320. The van der Waals surface area contributed by atoms with Gasteiger partial charge < -0.3 is 4.74 Å². The first-order valence-electron chi connectivity index (χ1n) is 14.1. The molecule has 3 saturated carbocycles. The maximum Gasteiger partial charge on any atom is 0.312 e. The number of Topliss-reactive ketones (excluding diaryl/α,β-unsaturated/α-hetero) is 1. The Labute approximate surface area is 222 Å². The molecular weight excluding hydrogens is 462 g/mol. The van der Waals surface area contributed by atoms with Crippen LogP contribution in [0.15, 0.2) is 23.3 Å². The van der Waals surface area contributed by atoms with Crippen LogP contribution >= 0.6 is 0 Å². The van der Waals surface area contributed by atoms with Gasteiger partial charge in [-0.15, -0.1) is 0 Å². The third-order valence-corrected chi connectivity index (χ3v) is 12.4. The summed E-state index contributed by atoms with van der Waals surface area (Å²) in [6, 6.07) is 2.16. The number of nitrogens with zero attached hydrogens (tertiary/aromatic N) is 1. The normalized spacial score (nSPS) is 45.6. The predicted octanol–water partition coefficient (Wildman–Crippen LogP) is 6.38. The van der Waals surface area contributed by atoms with Crippen molar-refractivity contribution in [2.45, 2.75) is 93.4 Å². The number of hydrogen-bond donors (Lipinski definition) is 0. The molecule has 0 aromatic heterocycles. The number of hydrogen-bond acceptors (Lipinski definition) is 5. The fraction of sp³-hybridized carbons (Fsp3) is 0.750. The van der Waals surface area contributed by atoms with Crippen molar-refractivity contribution in [3.8, 4) is 6.07 Å². The summed E-state index contributed by atoms with van der Waals surface area (Å²) in [6.07, 6.45) is 9.71. The number of rotatable bonds is 1. The van der Waals surface area contributed by atoms with Crippen LogP contribution in [0.5, 0.6) is 0 Å². The Bertz CT molecular complexity index is 1200. The zero-order chi connectivity index (χ0) is 27.4. The van der Waals surface area contributed by atoms with Crippen molar-refractivity contribution in [2.24, 2.45) is 50.2 Å². The van der Waals surface area contributed by atoms with Crippen LogP contribution in [-0.2, 0) is 19.1 Å². The van der Waals surface area contributed by atoms with Crippen LogP contribution in [0.25, 0.3) is 0 Å². The average Bonchev–Trinajstić information content (AvgIpc) is 2.81. The number of methoxy groups -OCH3 is 1. The van der Waals surface area contributed by atoms with Gasteiger partial charge in [-0.3, -0.25) is 14.4 Å². The Morgan fingerprint density at radius 3 is 2.27 bits per heavy atom. The van der Waals surface area contributed by atoms with E-state index in [-0.39, 0.29) is 57.1 Å². The van der Waals surface area contributed by atoms with Crippen molar-refractivity contribution >= 4 is 17.5 Å². The fourth-order valence-corrected chi connectivity index (χ4v) is 10.2. The molecular formula is C32H43NO4. The van der Waals surface area contributed by atoms with Crippen LogP contribution in [0.2, 0.25) is 0 Å². The van der Waals surface area contributed by atoms with E-state index in [2.05, 4.69) is 40.7 Å². The Morgan fingerprint density at radius 2 is 1.65 bits per heavy atom. The summed E-state index contributed by atoms with van der Waals surface area (Å²) in [5.74, 6) is -0.451. The second-order valence-electron chi connectivity index (χ2n) is 14.9. The maximum atomic E-state index is 14.4. The van der Waals surface area contributed by atoms with Gasteiger partial charge in [0.15, 0.2) is 11.6 Å². The number of allylic oxidation sites excluding steroid dienone is 4. The quantitative estimate of drug-likeness (QED) is 0.386. The van der Waals surface area contributed by atoms with Gasteiger partial charge in [0.1, 0.15) is 6.07 Å². The van der Waals surface area contributed by atoms with Crippen molar-refractivity contribution in [2.75, 3.05) is 7.11 Å². The average molecular weight is 506 g/mol. The second kappa shape index (κ2) is 7.67. The first kappa shape index (κ1) is 26.4. The number of ether oxygens (including phenoxy) is 1. The van der Waals surface area contributed by atoms with E-state index in [0.717, 1.165) is 50.5 Å². The Hall–Kier alpha value is -2.22. The minimum Gasteiger partial charge on any atom is -0.469 e. The van der Waals surface area contributed by atoms with Crippen molar-refractivity contribution in [3.05, 3.63) is 23.3 Å². The molecule has 0 bridgehead atoms. The Balaban J connectivity index is 1.70. The molecule has 0 aromatic carbocycles. The Morgan fingerprint density at radius 1 is 1.00 bits per heavy atom. The Kier molecular flexibility index (Phi) is 5.47. The number of ketones is 2. The van der Waals surface area contributed by atoms with Crippen LogP contribution in [-0.4, -0.2) is 24.6 Å². The summed E-state index contributed by atoms with van der Waals surface area (Å²) >= 11 is 0. The summed E-state index contributed by atoms with van der Waals surface area (Å²) in [5.41, 5.74) is -0.988. The molecule has 5 aliphatic carbocycles. The van der Waals surface area contributed by atoms with Crippen LogP contribution in [0.4, 0.5) is 0 Å². The van der Waals surface area contributed by atoms with Crippen molar-refractivity contribution in [1.29, 1.82) is 5.26 Å². The molecule has 3 fully saturated rings. The van der Waals surface area contributed by atoms with Crippen LogP contribution in [0.1, 0.15) is 93.4 Å². The van der Waals surface area contributed by atoms with E-state index in [1.807, 2.05) is 26.0 Å². The molecule has 5 nitrogen and oxygen atoms in total. The van der Waals surface area contributed by atoms with Crippen molar-refractivity contribution < 1.29 is 19.1 Å². The van der Waals surface area contributed by atoms with Gasteiger partial charge in [-0.05, 0) is 79.1 Å². The van der Waals surface area contributed by atoms with Crippen molar-refractivity contribution in [1.82, 2.24) is 0 Å². The standard InChI is InChI=1S/C32H43NO4/c1-27(2)11-13-32(26(36)37-8)14-12-30(6)20(21(32)17-27)15-22(34)24-29(5)16-19(18-33)25(35)28(3,4)23(29)9-10-31(24,30)7/h15-16,21,23-24H,9-14,17H2,1-8H3/t21-,23-,24+,29-,30+,31+,32-/m0/s1. The minimum atomic E-state index is -0.693. The molecule has 7 atom stereocenters. The highest BCUT2D eigenvalue weighted by Crippen LogP contribution is 2.74. The highest BCUT2D eigenvalue weighted by Gasteiger charge is 2.71. The summed E-state index contributed by atoms with van der Waals surface area (Å²) in [6.45, 7) is 15.2. The third-order valence-electron chi connectivity index (χ3n) is 12.4. The summed E-state index contributed by atoms with van der Waals surface area (Å²) in [7, 11) is 1.49. The summed E-state index contributed by atoms with van der Waals surface area (Å²) in [5, 5.41) is 9.87. The highest BCUT2D eigenvalue weighted by molar-refractivity contribution is 6.05. The summed E-state index contributed by atoms with van der Waals surface area (Å²) in [4.78, 5) is 40.9. The van der Waals surface area contributed by atoms with E-state index < -0.39 is 16.2 Å². The molecule has 0 amide bonds. The highest BCUT2D eigenvalue weighted by atomic mass is 16.5. The van der Waals surface area contributed by atoms with E-state index in [1.165, 1.54) is 7.11 Å². The van der Waals surface area contributed by atoms with Gasteiger partial charge in [0, 0.05) is 16.7 Å². The van der Waals surface area contributed by atoms with Crippen molar-refractivity contribution in [3.63, 3.8) is 0 Å². The molecule has 0 aromatic rings. The van der Waals surface area contributed by atoms with E-state index in [1.54, 1.807) is 0 Å². The van der Waals surface area contributed by atoms with E-state index in [9.17, 15) is 19.6 Å². The summed E-state index contributed by atoms with van der Waals surface area (Å²) < 4.78 is 5.41. The van der Waals surface area contributed by atoms with E-state index in [4.69, 9.17) is 4.74 Å². The molecule has 0 spiro atoms. The number of nitriles is 1. The zero-order valence-corrected chi connectivity index (χ0v) is 23.9. The van der Waals surface area contributed by atoms with Gasteiger partial charge in [-0.25, -0.2) is 0 Å². The lowest BCUT2D eigenvalue weighted by molar-refractivity contribution is -0.180. The molecule has 0 aliphatic heterocycles. The first-order chi connectivity index (χ1) is 17.0. The maximum absolute atomic E-state index is 14.4. The van der Waals surface area contributed by atoms with Crippen LogP contribution in [0.3, 0.4) is 0 Å². The largest absolute Gasteiger partial charge is 0.469 e. The lowest BCUT2D eigenvalue weighted by Gasteiger charge is -2.69. The molecule has 0 radical (unpaired) electrons. The van der Waals surface area contributed by atoms with Gasteiger partial charge >= 0.3 is 5.97 Å². The van der Waals surface area contributed by atoms with Gasteiger partial charge in [0.2, 0.25) is 0 Å². The molecule has 200 valence electrons. The molecule has 5 rings (SSSR count). The van der Waals surface area contributed by atoms with E-state index in [0.29, 0.717) is 0 Å². The molecule has 5 aliphatic rings. The monoisotopic (exact) mass is 505 g/mol. The topological polar surface area (TPSA) is 84.2 Å². The first-order valence-corrected chi connectivity index (χ1v) is 14.1.